The van der Waals surface area contributed by atoms with E-state index < -0.39 is 0 Å². The molecule has 2 aromatic heterocycles. The number of rotatable bonds is 4. The van der Waals surface area contributed by atoms with Crippen molar-refractivity contribution in [3.63, 3.8) is 0 Å². The SMILES string of the molecule is Cl.O=C(NCc1ccc(Br)s1)c1cn(C2CCNCC2)nn1. The molecular formula is C13H17BrClN5OS. The molecule has 0 unspecified atom stereocenters. The van der Waals surface area contributed by atoms with Crippen molar-refractivity contribution in [2.75, 3.05) is 13.1 Å². The summed E-state index contributed by atoms with van der Waals surface area (Å²) >= 11 is 5.01. The molecule has 0 bridgehead atoms. The van der Waals surface area contributed by atoms with Crippen molar-refractivity contribution in [1.82, 2.24) is 25.6 Å². The smallest absolute Gasteiger partial charge is 0.273 e. The molecule has 120 valence electrons. The molecular weight excluding hydrogens is 390 g/mol. The van der Waals surface area contributed by atoms with E-state index >= 15 is 0 Å². The standard InChI is InChI=1S/C13H16BrN5OS.ClH/c14-12-2-1-10(21-12)7-16-13(20)11-8-19(18-17-11)9-3-5-15-6-4-9;/h1-2,8-9,15H,3-7H2,(H,16,20);1H. The van der Waals surface area contributed by atoms with Crippen LogP contribution in [0.4, 0.5) is 0 Å². The molecule has 0 radical (unpaired) electrons. The first-order valence-electron chi connectivity index (χ1n) is 6.87. The van der Waals surface area contributed by atoms with Crippen molar-refractivity contribution in [1.29, 1.82) is 0 Å². The molecule has 0 spiro atoms. The Bertz CT molecular complexity index is 625. The molecule has 3 rings (SSSR count). The molecule has 9 heteroatoms. The van der Waals surface area contributed by atoms with E-state index in [1.54, 1.807) is 17.5 Å². The van der Waals surface area contributed by atoms with Crippen molar-refractivity contribution < 1.29 is 4.79 Å². The number of nitrogens with zero attached hydrogens (tertiary/aromatic N) is 3. The molecule has 1 amide bonds. The number of carbonyl (C=O) groups is 1. The highest BCUT2D eigenvalue weighted by Crippen LogP contribution is 2.22. The lowest BCUT2D eigenvalue weighted by Crippen LogP contribution is -2.29. The van der Waals surface area contributed by atoms with Crippen molar-refractivity contribution >= 4 is 45.6 Å². The summed E-state index contributed by atoms with van der Waals surface area (Å²) in [4.78, 5) is 13.2. The van der Waals surface area contributed by atoms with Crippen LogP contribution in [0.1, 0.15) is 34.2 Å². The monoisotopic (exact) mass is 405 g/mol. The van der Waals surface area contributed by atoms with E-state index in [-0.39, 0.29) is 18.3 Å². The number of carbonyl (C=O) groups excluding carboxylic acids is 1. The Balaban J connectivity index is 0.00000176. The minimum Gasteiger partial charge on any atom is -0.346 e. The first kappa shape index (κ1) is 17.4. The van der Waals surface area contributed by atoms with E-state index in [0.29, 0.717) is 18.3 Å². The van der Waals surface area contributed by atoms with Crippen LogP contribution in [0.25, 0.3) is 0 Å². The van der Waals surface area contributed by atoms with Gasteiger partial charge in [-0.1, -0.05) is 5.21 Å². The van der Waals surface area contributed by atoms with Crippen molar-refractivity contribution in [2.45, 2.75) is 25.4 Å². The van der Waals surface area contributed by atoms with Gasteiger partial charge in [-0.2, -0.15) is 0 Å². The number of hydrogen-bond acceptors (Lipinski definition) is 5. The Labute approximate surface area is 147 Å². The van der Waals surface area contributed by atoms with E-state index in [1.807, 2.05) is 16.8 Å². The van der Waals surface area contributed by atoms with Crippen LogP contribution in [0.15, 0.2) is 22.1 Å². The number of piperidine rings is 1. The van der Waals surface area contributed by atoms with E-state index in [4.69, 9.17) is 0 Å². The molecule has 1 aliphatic heterocycles. The van der Waals surface area contributed by atoms with E-state index in [0.717, 1.165) is 34.6 Å². The quantitative estimate of drug-likeness (QED) is 0.818. The number of aromatic nitrogens is 3. The van der Waals surface area contributed by atoms with Crippen LogP contribution in [0, 0.1) is 0 Å². The average molecular weight is 407 g/mol. The number of hydrogen-bond donors (Lipinski definition) is 2. The molecule has 0 aromatic carbocycles. The predicted molar refractivity (Wildman–Crippen MR) is 91.6 cm³/mol. The molecule has 2 aromatic rings. The topological polar surface area (TPSA) is 71.8 Å². The highest BCUT2D eigenvalue weighted by molar-refractivity contribution is 9.11. The minimum absolute atomic E-state index is 0. The molecule has 1 aliphatic rings. The third kappa shape index (κ3) is 4.28. The maximum atomic E-state index is 12.1. The first-order chi connectivity index (χ1) is 10.2. The summed E-state index contributed by atoms with van der Waals surface area (Å²) in [5.41, 5.74) is 0.379. The summed E-state index contributed by atoms with van der Waals surface area (Å²) in [6.07, 6.45) is 3.79. The highest BCUT2D eigenvalue weighted by atomic mass is 79.9. The van der Waals surface area contributed by atoms with Crippen LogP contribution in [-0.2, 0) is 6.54 Å². The Kier molecular flexibility index (Phi) is 6.37. The molecule has 1 saturated heterocycles. The van der Waals surface area contributed by atoms with E-state index in [9.17, 15) is 4.79 Å². The molecule has 0 aliphatic carbocycles. The zero-order valence-corrected chi connectivity index (χ0v) is 15.0. The molecule has 0 atom stereocenters. The van der Waals surface area contributed by atoms with Gasteiger partial charge in [-0.25, -0.2) is 4.68 Å². The second kappa shape index (κ2) is 8.05. The van der Waals surface area contributed by atoms with Crippen LogP contribution in [-0.4, -0.2) is 34.0 Å². The van der Waals surface area contributed by atoms with Gasteiger partial charge < -0.3 is 10.6 Å². The summed E-state index contributed by atoms with van der Waals surface area (Å²) in [6.45, 7) is 2.48. The summed E-state index contributed by atoms with van der Waals surface area (Å²) in [5, 5.41) is 14.3. The van der Waals surface area contributed by atoms with Crippen LogP contribution in [0.2, 0.25) is 0 Å². The second-order valence-corrected chi connectivity index (χ2v) is 7.50. The van der Waals surface area contributed by atoms with E-state index in [1.165, 1.54) is 0 Å². The molecule has 0 saturated carbocycles. The lowest BCUT2D eigenvalue weighted by atomic mass is 10.1. The minimum atomic E-state index is -0.181. The predicted octanol–water partition coefficient (Wildman–Crippen LogP) is 2.38. The highest BCUT2D eigenvalue weighted by Gasteiger charge is 2.18. The van der Waals surface area contributed by atoms with Crippen LogP contribution in [0.3, 0.4) is 0 Å². The van der Waals surface area contributed by atoms with Crippen molar-refractivity contribution in [3.8, 4) is 0 Å². The maximum absolute atomic E-state index is 12.1. The maximum Gasteiger partial charge on any atom is 0.273 e. The third-order valence-corrected chi connectivity index (χ3v) is 5.10. The van der Waals surface area contributed by atoms with Gasteiger partial charge in [0.25, 0.3) is 5.91 Å². The number of amides is 1. The van der Waals surface area contributed by atoms with Gasteiger partial charge in [0.2, 0.25) is 0 Å². The molecule has 3 heterocycles. The van der Waals surface area contributed by atoms with Gasteiger partial charge in [0.1, 0.15) is 0 Å². The van der Waals surface area contributed by atoms with Gasteiger partial charge in [0, 0.05) is 4.88 Å². The largest absolute Gasteiger partial charge is 0.346 e. The first-order valence-corrected chi connectivity index (χ1v) is 8.48. The van der Waals surface area contributed by atoms with Gasteiger partial charge in [-0.05, 0) is 54.0 Å². The van der Waals surface area contributed by atoms with Gasteiger partial charge in [0.05, 0.1) is 22.6 Å². The molecule has 6 nitrogen and oxygen atoms in total. The number of thiophene rings is 1. The van der Waals surface area contributed by atoms with Gasteiger partial charge >= 0.3 is 0 Å². The lowest BCUT2D eigenvalue weighted by Gasteiger charge is -2.22. The fraction of sp³-hybridized carbons (Fsp3) is 0.462. The zero-order valence-electron chi connectivity index (χ0n) is 11.8. The molecule has 2 N–H and O–H groups in total. The summed E-state index contributed by atoms with van der Waals surface area (Å²) < 4.78 is 2.88. The third-order valence-electron chi connectivity index (χ3n) is 3.48. The molecule has 1 fully saturated rings. The molecule has 22 heavy (non-hydrogen) atoms. The van der Waals surface area contributed by atoms with Gasteiger partial charge in [0.15, 0.2) is 5.69 Å². The summed E-state index contributed by atoms with van der Waals surface area (Å²) in [7, 11) is 0. The van der Waals surface area contributed by atoms with Crippen LogP contribution in [0.5, 0.6) is 0 Å². The average Bonchev–Trinajstić information content (AvgIpc) is 3.15. The van der Waals surface area contributed by atoms with Crippen molar-refractivity contribution in [3.05, 3.63) is 32.7 Å². The van der Waals surface area contributed by atoms with Crippen LogP contribution < -0.4 is 10.6 Å². The zero-order chi connectivity index (χ0) is 14.7. The number of halogens is 2. The Hall–Kier alpha value is -0.960. The summed E-state index contributed by atoms with van der Waals surface area (Å²) in [5.74, 6) is -0.181. The van der Waals surface area contributed by atoms with Gasteiger partial charge in [-0.3, -0.25) is 4.79 Å². The fourth-order valence-electron chi connectivity index (χ4n) is 2.34. The summed E-state index contributed by atoms with van der Waals surface area (Å²) in [6, 6.07) is 4.30. The van der Waals surface area contributed by atoms with Gasteiger partial charge in [-0.15, -0.1) is 28.8 Å². The lowest BCUT2D eigenvalue weighted by molar-refractivity contribution is 0.0946. The van der Waals surface area contributed by atoms with E-state index in [2.05, 4.69) is 36.9 Å². The van der Waals surface area contributed by atoms with Crippen LogP contribution >= 0.6 is 39.7 Å². The second-order valence-electron chi connectivity index (χ2n) is 4.95. The van der Waals surface area contributed by atoms with Crippen molar-refractivity contribution in [2.24, 2.45) is 0 Å². The number of nitrogens with one attached hydrogen (secondary N) is 2. The normalized spacial score (nSPS) is 15.3. The Morgan fingerprint density at radius 3 is 2.91 bits per heavy atom. The Morgan fingerprint density at radius 2 is 2.23 bits per heavy atom. The fourth-order valence-corrected chi connectivity index (χ4v) is 3.76. The Morgan fingerprint density at radius 1 is 1.45 bits per heavy atom.